The molecule has 7 heteroatoms. The highest BCUT2D eigenvalue weighted by molar-refractivity contribution is 6.31. The van der Waals surface area contributed by atoms with Crippen molar-refractivity contribution in [3.05, 3.63) is 64.2 Å². The molecule has 140 valence electrons. The summed E-state index contributed by atoms with van der Waals surface area (Å²) < 4.78 is 10.7. The first-order chi connectivity index (χ1) is 12.4. The quantitative estimate of drug-likeness (QED) is 0.645. The summed E-state index contributed by atoms with van der Waals surface area (Å²) in [6.45, 7) is 0. The molecule has 1 heterocycles. The van der Waals surface area contributed by atoms with Gasteiger partial charge in [-0.25, -0.2) is 0 Å². The lowest BCUT2D eigenvalue weighted by atomic mass is 9.92. The highest BCUT2D eigenvalue weighted by atomic mass is 35.5. The molecule has 0 aromatic heterocycles. The molecule has 4 N–H and O–H groups in total. The summed E-state index contributed by atoms with van der Waals surface area (Å²) >= 11 is 6.29. The second-order valence-corrected chi connectivity index (χ2v) is 6.73. The van der Waals surface area contributed by atoms with Gasteiger partial charge in [0.15, 0.2) is 6.29 Å². The van der Waals surface area contributed by atoms with Crippen molar-refractivity contribution in [1.29, 1.82) is 0 Å². The van der Waals surface area contributed by atoms with Gasteiger partial charge in [0.2, 0.25) is 0 Å². The van der Waals surface area contributed by atoms with Crippen molar-refractivity contribution in [2.45, 2.75) is 37.1 Å². The second kappa shape index (κ2) is 7.92. The van der Waals surface area contributed by atoms with Crippen LogP contribution in [-0.2, 0) is 15.9 Å². The molecule has 1 unspecified atom stereocenters. The number of phenols is 1. The van der Waals surface area contributed by atoms with Gasteiger partial charge >= 0.3 is 0 Å². The van der Waals surface area contributed by atoms with Crippen LogP contribution >= 0.6 is 11.6 Å². The summed E-state index contributed by atoms with van der Waals surface area (Å²) in [6.07, 6.45) is -5.43. The van der Waals surface area contributed by atoms with Crippen LogP contribution in [-0.4, -0.2) is 52.1 Å². The van der Waals surface area contributed by atoms with Gasteiger partial charge in [0.05, 0.1) is 0 Å². The van der Waals surface area contributed by atoms with E-state index >= 15 is 0 Å². The molecule has 0 radical (unpaired) electrons. The van der Waals surface area contributed by atoms with Gasteiger partial charge in [-0.1, -0.05) is 35.9 Å². The zero-order valence-electron chi connectivity index (χ0n) is 14.1. The van der Waals surface area contributed by atoms with Crippen molar-refractivity contribution < 1.29 is 29.9 Å². The van der Waals surface area contributed by atoms with Gasteiger partial charge in [0.25, 0.3) is 0 Å². The van der Waals surface area contributed by atoms with Crippen LogP contribution in [0.3, 0.4) is 0 Å². The third-order valence-corrected chi connectivity index (χ3v) is 4.90. The van der Waals surface area contributed by atoms with Crippen LogP contribution in [0.4, 0.5) is 0 Å². The highest BCUT2D eigenvalue weighted by Crippen LogP contribution is 2.34. The number of aliphatic hydroxyl groups excluding tert-OH is 3. The van der Waals surface area contributed by atoms with Crippen LogP contribution in [0.15, 0.2) is 42.5 Å². The molecule has 0 bridgehead atoms. The summed E-state index contributed by atoms with van der Waals surface area (Å²) in [5.41, 5.74) is 2.38. The molecular formula is C19H21ClO6. The molecule has 2 aromatic rings. The zero-order chi connectivity index (χ0) is 18.8. The predicted octanol–water partition coefficient (Wildman–Crippen LogP) is 1.76. The van der Waals surface area contributed by atoms with E-state index in [2.05, 4.69) is 0 Å². The number of methoxy groups -OCH3 is 1. The lowest BCUT2D eigenvalue weighted by Crippen LogP contribution is -2.54. The Morgan fingerprint density at radius 2 is 1.69 bits per heavy atom. The summed E-state index contributed by atoms with van der Waals surface area (Å²) in [5, 5.41) is 40.2. The topological polar surface area (TPSA) is 99.4 Å². The molecule has 1 aliphatic heterocycles. The third-order valence-electron chi connectivity index (χ3n) is 4.53. The van der Waals surface area contributed by atoms with Crippen molar-refractivity contribution in [2.75, 3.05) is 7.11 Å². The first-order valence-electron chi connectivity index (χ1n) is 8.19. The maximum atomic E-state index is 10.3. The molecule has 0 saturated carbocycles. The molecular weight excluding hydrogens is 360 g/mol. The van der Waals surface area contributed by atoms with Gasteiger partial charge < -0.3 is 29.9 Å². The minimum absolute atomic E-state index is 0.186. The number of hydrogen-bond donors (Lipinski definition) is 4. The fraction of sp³-hybridized carbons (Fsp3) is 0.368. The standard InChI is InChI=1S/C19H21ClO6/c1-25-19-17(24)15(22)16(23)18(26-19)11-4-7-14(20)12(9-11)8-10-2-5-13(21)6-3-10/h2-7,9,15-19,21-24H,8H2,1H3/t15-,16-,17+,18+,19?/m1/s1. The van der Waals surface area contributed by atoms with E-state index in [0.29, 0.717) is 17.0 Å². The van der Waals surface area contributed by atoms with Crippen LogP contribution in [0.1, 0.15) is 22.8 Å². The average Bonchev–Trinajstić information content (AvgIpc) is 2.64. The van der Waals surface area contributed by atoms with Crippen LogP contribution in [0.5, 0.6) is 5.75 Å². The molecule has 0 amide bonds. The van der Waals surface area contributed by atoms with E-state index in [4.69, 9.17) is 21.1 Å². The summed E-state index contributed by atoms with van der Waals surface area (Å²) in [6, 6.07) is 12.0. The first-order valence-corrected chi connectivity index (χ1v) is 8.57. The first kappa shape index (κ1) is 19.1. The molecule has 1 fully saturated rings. The Kier molecular flexibility index (Phi) is 5.82. The minimum Gasteiger partial charge on any atom is -0.508 e. The third kappa shape index (κ3) is 3.86. The number of halogens is 1. The van der Waals surface area contributed by atoms with Crippen molar-refractivity contribution in [3.63, 3.8) is 0 Å². The van der Waals surface area contributed by atoms with Crippen LogP contribution < -0.4 is 0 Å². The number of aliphatic hydroxyl groups is 3. The van der Waals surface area contributed by atoms with Gasteiger partial charge in [-0.3, -0.25) is 0 Å². The summed E-state index contributed by atoms with van der Waals surface area (Å²) in [5.74, 6) is 0.186. The maximum Gasteiger partial charge on any atom is 0.186 e. The van der Waals surface area contributed by atoms with Crippen molar-refractivity contribution in [1.82, 2.24) is 0 Å². The minimum atomic E-state index is -1.39. The van der Waals surface area contributed by atoms with Gasteiger partial charge in [-0.2, -0.15) is 0 Å². The number of ether oxygens (including phenoxy) is 2. The number of benzene rings is 2. The lowest BCUT2D eigenvalue weighted by molar-refractivity contribution is -0.292. The average molecular weight is 381 g/mol. The molecule has 1 aliphatic rings. The van der Waals surface area contributed by atoms with E-state index in [0.717, 1.165) is 11.1 Å². The van der Waals surface area contributed by atoms with Crippen LogP contribution in [0, 0.1) is 0 Å². The van der Waals surface area contributed by atoms with Gasteiger partial charge in [0, 0.05) is 12.1 Å². The van der Waals surface area contributed by atoms with E-state index in [9.17, 15) is 20.4 Å². The molecule has 26 heavy (non-hydrogen) atoms. The van der Waals surface area contributed by atoms with E-state index in [-0.39, 0.29) is 5.75 Å². The van der Waals surface area contributed by atoms with Crippen molar-refractivity contribution in [3.8, 4) is 5.75 Å². The Bertz CT molecular complexity index is 748. The number of aromatic hydroxyl groups is 1. The SMILES string of the molecule is COC1O[C@@H](c2ccc(Cl)c(Cc3ccc(O)cc3)c2)[C@H](O)[C@@H](O)[C@@H]1O. The number of rotatable bonds is 4. The Hall–Kier alpha value is -1.67. The van der Waals surface area contributed by atoms with E-state index < -0.39 is 30.7 Å². The monoisotopic (exact) mass is 380 g/mol. The molecule has 6 nitrogen and oxygen atoms in total. The smallest absolute Gasteiger partial charge is 0.186 e. The Balaban J connectivity index is 1.87. The Morgan fingerprint density at radius 3 is 2.35 bits per heavy atom. The van der Waals surface area contributed by atoms with Crippen LogP contribution in [0.2, 0.25) is 5.02 Å². The molecule has 3 rings (SSSR count). The van der Waals surface area contributed by atoms with Gasteiger partial charge in [0.1, 0.15) is 30.2 Å². The molecule has 2 aromatic carbocycles. The van der Waals surface area contributed by atoms with E-state index in [1.54, 1.807) is 42.5 Å². The molecule has 0 spiro atoms. The van der Waals surface area contributed by atoms with Crippen LogP contribution in [0.25, 0.3) is 0 Å². The summed E-state index contributed by atoms with van der Waals surface area (Å²) in [7, 11) is 1.35. The Labute approximate surface area is 156 Å². The maximum absolute atomic E-state index is 10.3. The second-order valence-electron chi connectivity index (χ2n) is 6.33. The van der Waals surface area contributed by atoms with Gasteiger partial charge in [-0.05, 0) is 41.3 Å². The predicted molar refractivity (Wildman–Crippen MR) is 95.0 cm³/mol. The zero-order valence-corrected chi connectivity index (χ0v) is 14.9. The highest BCUT2D eigenvalue weighted by Gasteiger charge is 2.44. The van der Waals surface area contributed by atoms with Crippen molar-refractivity contribution in [2.24, 2.45) is 0 Å². The number of hydrogen-bond acceptors (Lipinski definition) is 6. The lowest BCUT2D eigenvalue weighted by Gasteiger charge is -2.40. The van der Waals surface area contributed by atoms with Crippen molar-refractivity contribution >= 4 is 11.6 Å². The van der Waals surface area contributed by atoms with Gasteiger partial charge in [-0.15, -0.1) is 0 Å². The largest absolute Gasteiger partial charge is 0.508 e. The summed E-state index contributed by atoms with van der Waals surface area (Å²) in [4.78, 5) is 0. The van der Waals surface area contributed by atoms with E-state index in [1.807, 2.05) is 0 Å². The molecule has 5 atom stereocenters. The van der Waals surface area contributed by atoms with E-state index in [1.165, 1.54) is 7.11 Å². The number of phenolic OH excluding ortho intramolecular Hbond substituents is 1. The fourth-order valence-electron chi connectivity index (χ4n) is 3.06. The molecule has 0 aliphatic carbocycles. The fourth-order valence-corrected chi connectivity index (χ4v) is 3.24. The normalized spacial score (nSPS) is 28.9. The Morgan fingerprint density at radius 1 is 1.00 bits per heavy atom. The molecule has 1 saturated heterocycles.